The molecule has 0 fully saturated rings. The van der Waals surface area contributed by atoms with Gasteiger partial charge in [0.1, 0.15) is 9.71 Å². The Morgan fingerprint density at radius 2 is 1.94 bits per heavy atom. The Morgan fingerprint density at radius 3 is 2.61 bits per heavy atom. The van der Waals surface area contributed by atoms with Crippen LogP contribution in [-0.4, -0.2) is 40.8 Å². The van der Waals surface area contributed by atoms with Crippen LogP contribution in [0.15, 0.2) is 30.3 Å². The van der Waals surface area contributed by atoms with Crippen molar-refractivity contribution in [2.75, 3.05) is 13.2 Å². The molecule has 3 amide bonds. The van der Waals surface area contributed by atoms with Crippen molar-refractivity contribution in [1.82, 2.24) is 20.4 Å². The number of urea groups is 1. The summed E-state index contributed by atoms with van der Waals surface area (Å²) < 4.78 is 6.80. The Bertz CT molecular complexity index is 1100. The number of hydrogen-bond acceptors (Lipinski definition) is 6. The summed E-state index contributed by atoms with van der Waals surface area (Å²) in [7, 11) is 0. The molecule has 0 spiro atoms. The fraction of sp³-hybridized carbons (Fsp3) is 0.333. The lowest BCUT2D eigenvalue weighted by atomic mass is 10.1. The van der Waals surface area contributed by atoms with Crippen LogP contribution >= 0.6 is 22.9 Å². The highest BCUT2D eigenvalue weighted by atomic mass is 35.5. The standard InChI is InChI=1S/C21H23ClN4O4S/c1-12(2)8-9-23-21(29)24-18(27)11-30-20(28)17-10-16-13(3)25-26(19(16)31-17)15-6-4-14(22)5-7-15/h4-7,10,12H,8-9,11H2,1-3H3,(H2,23,24,27,29). The molecule has 8 nitrogen and oxygen atoms in total. The van der Waals surface area contributed by atoms with Crippen LogP contribution in [0.1, 0.15) is 35.6 Å². The molecule has 164 valence electrons. The van der Waals surface area contributed by atoms with E-state index in [2.05, 4.69) is 15.7 Å². The fourth-order valence-electron chi connectivity index (χ4n) is 2.79. The van der Waals surface area contributed by atoms with Crippen LogP contribution in [-0.2, 0) is 9.53 Å². The zero-order chi connectivity index (χ0) is 22.5. The molecule has 0 atom stereocenters. The predicted octanol–water partition coefficient (Wildman–Crippen LogP) is 4.08. The zero-order valence-electron chi connectivity index (χ0n) is 17.4. The van der Waals surface area contributed by atoms with Crippen molar-refractivity contribution in [3.63, 3.8) is 0 Å². The highest BCUT2D eigenvalue weighted by molar-refractivity contribution is 7.20. The molecule has 2 N–H and O–H groups in total. The first kappa shape index (κ1) is 22.8. The minimum atomic E-state index is -0.694. The fourth-order valence-corrected chi connectivity index (χ4v) is 3.99. The number of halogens is 1. The molecule has 10 heteroatoms. The van der Waals surface area contributed by atoms with Crippen molar-refractivity contribution in [1.29, 1.82) is 0 Å². The SMILES string of the molecule is Cc1nn(-c2ccc(Cl)cc2)c2sc(C(=O)OCC(=O)NC(=O)NCCC(C)C)cc12. The van der Waals surface area contributed by atoms with Crippen molar-refractivity contribution in [2.45, 2.75) is 27.2 Å². The molecule has 31 heavy (non-hydrogen) atoms. The predicted molar refractivity (Wildman–Crippen MR) is 120 cm³/mol. The summed E-state index contributed by atoms with van der Waals surface area (Å²) in [5, 5.41) is 10.7. The minimum absolute atomic E-state index is 0.340. The van der Waals surface area contributed by atoms with Gasteiger partial charge in [-0.2, -0.15) is 5.10 Å². The molecule has 0 bridgehead atoms. The van der Waals surface area contributed by atoms with Gasteiger partial charge in [-0.1, -0.05) is 25.4 Å². The Hall–Kier alpha value is -2.91. The molecule has 0 aliphatic rings. The van der Waals surface area contributed by atoms with Crippen LogP contribution < -0.4 is 10.6 Å². The van der Waals surface area contributed by atoms with Crippen LogP contribution in [0.25, 0.3) is 15.9 Å². The number of ether oxygens (including phenoxy) is 1. The Labute approximate surface area is 188 Å². The molecular formula is C21H23ClN4O4S. The van der Waals surface area contributed by atoms with Gasteiger partial charge in [0.05, 0.1) is 11.4 Å². The number of amides is 3. The average Bonchev–Trinajstić information content (AvgIpc) is 3.27. The van der Waals surface area contributed by atoms with E-state index in [9.17, 15) is 14.4 Å². The van der Waals surface area contributed by atoms with Gasteiger partial charge in [-0.15, -0.1) is 11.3 Å². The van der Waals surface area contributed by atoms with Gasteiger partial charge >= 0.3 is 12.0 Å². The van der Waals surface area contributed by atoms with Crippen molar-refractivity contribution in [3.8, 4) is 5.69 Å². The maximum atomic E-state index is 12.4. The molecular weight excluding hydrogens is 440 g/mol. The molecule has 0 aliphatic heterocycles. The summed E-state index contributed by atoms with van der Waals surface area (Å²) in [4.78, 5) is 37.1. The highest BCUT2D eigenvalue weighted by Gasteiger charge is 2.19. The molecule has 0 unspecified atom stereocenters. The second-order valence-corrected chi connectivity index (χ2v) is 8.83. The number of hydrogen-bond donors (Lipinski definition) is 2. The maximum Gasteiger partial charge on any atom is 0.348 e. The van der Waals surface area contributed by atoms with E-state index >= 15 is 0 Å². The van der Waals surface area contributed by atoms with E-state index in [-0.39, 0.29) is 0 Å². The Kier molecular flexibility index (Phi) is 7.29. The number of thiophene rings is 1. The van der Waals surface area contributed by atoms with Gasteiger partial charge in [0.15, 0.2) is 6.61 Å². The summed E-state index contributed by atoms with van der Waals surface area (Å²) in [5.74, 6) is -0.896. The lowest BCUT2D eigenvalue weighted by molar-refractivity contribution is -0.123. The first-order valence-electron chi connectivity index (χ1n) is 9.74. The smallest absolute Gasteiger partial charge is 0.348 e. The monoisotopic (exact) mass is 462 g/mol. The van der Waals surface area contributed by atoms with Crippen LogP contribution in [0, 0.1) is 12.8 Å². The molecule has 0 saturated heterocycles. The summed E-state index contributed by atoms with van der Waals surface area (Å²) in [6, 6.07) is 8.28. The number of nitrogens with zero attached hydrogens (tertiary/aromatic N) is 2. The van der Waals surface area contributed by atoms with Crippen molar-refractivity contribution in [3.05, 3.63) is 45.9 Å². The van der Waals surface area contributed by atoms with E-state index in [4.69, 9.17) is 16.3 Å². The minimum Gasteiger partial charge on any atom is -0.451 e. The number of carbonyl (C=O) groups is 3. The number of carbonyl (C=O) groups excluding carboxylic acids is 3. The number of nitrogens with one attached hydrogen (secondary N) is 2. The highest BCUT2D eigenvalue weighted by Crippen LogP contribution is 2.31. The first-order valence-corrected chi connectivity index (χ1v) is 10.9. The van der Waals surface area contributed by atoms with E-state index in [1.54, 1.807) is 22.9 Å². The molecule has 0 saturated carbocycles. The number of aromatic nitrogens is 2. The lowest BCUT2D eigenvalue weighted by Gasteiger charge is -2.08. The molecule has 2 heterocycles. The van der Waals surface area contributed by atoms with Crippen LogP contribution in [0.5, 0.6) is 0 Å². The second kappa shape index (κ2) is 9.93. The number of fused-ring (bicyclic) bond motifs is 1. The third-order valence-corrected chi connectivity index (χ3v) is 5.75. The number of rotatable bonds is 7. The maximum absolute atomic E-state index is 12.4. The van der Waals surface area contributed by atoms with Gasteiger partial charge in [0, 0.05) is 17.0 Å². The van der Waals surface area contributed by atoms with Crippen LogP contribution in [0.4, 0.5) is 4.79 Å². The number of imide groups is 1. The van der Waals surface area contributed by atoms with E-state index in [0.717, 1.165) is 28.0 Å². The topological polar surface area (TPSA) is 102 Å². The number of esters is 1. The molecule has 3 aromatic rings. The largest absolute Gasteiger partial charge is 0.451 e. The molecule has 0 radical (unpaired) electrons. The van der Waals surface area contributed by atoms with Crippen molar-refractivity contribution < 1.29 is 19.1 Å². The third kappa shape index (κ3) is 5.83. The van der Waals surface area contributed by atoms with Gasteiger partial charge in [0.25, 0.3) is 5.91 Å². The Balaban J connectivity index is 1.61. The van der Waals surface area contributed by atoms with E-state index in [1.165, 1.54) is 11.3 Å². The van der Waals surface area contributed by atoms with Gasteiger partial charge in [-0.3, -0.25) is 10.1 Å². The normalized spacial score (nSPS) is 11.0. The summed E-state index contributed by atoms with van der Waals surface area (Å²) in [6.45, 7) is 5.83. The van der Waals surface area contributed by atoms with Crippen molar-refractivity contribution >= 4 is 51.1 Å². The van der Waals surface area contributed by atoms with Gasteiger partial charge in [0.2, 0.25) is 0 Å². The lowest BCUT2D eigenvalue weighted by Crippen LogP contribution is -2.41. The van der Waals surface area contributed by atoms with Crippen LogP contribution in [0.3, 0.4) is 0 Å². The van der Waals surface area contributed by atoms with Gasteiger partial charge in [-0.25, -0.2) is 14.3 Å². The third-order valence-electron chi connectivity index (χ3n) is 4.41. The number of aryl methyl sites for hydroxylation is 1. The van der Waals surface area contributed by atoms with Gasteiger partial charge in [-0.05, 0) is 49.6 Å². The average molecular weight is 463 g/mol. The molecule has 0 aliphatic carbocycles. The summed E-state index contributed by atoms with van der Waals surface area (Å²) in [5.41, 5.74) is 1.57. The summed E-state index contributed by atoms with van der Waals surface area (Å²) in [6.07, 6.45) is 0.801. The number of benzene rings is 1. The van der Waals surface area contributed by atoms with Gasteiger partial charge < -0.3 is 10.1 Å². The van der Waals surface area contributed by atoms with E-state index in [1.807, 2.05) is 32.9 Å². The van der Waals surface area contributed by atoms with E-state index < -0.39 is 24.5 Å². The second-order valence-electron chi connectivity index (χ2n) is 7.37. The summed E-state index contributed by atoms with van der Waals surface area (Å²) >= 11 is 7.16. The van der Waals surface area contributed by atoms with Crippen LogP contribution in [0.2, 0.25) is 5.02 Å². The van der Waals surface area contributed by atoms with E-state index in [0.29, 0.717) is 22.4 Å². The molecule has 1 aromatic carbocycles. The first-order chi connectivity index (χ1) is 14.7. The molecule has 3 rings (SSSR count). The Morgan fingerprint density at radius 1 is 1.23 bits per heavy atom. The zero-order valence-corrected chi connectivity index (χ0v) is 19.0. The quantitative estimate of drug-likeness (QED) is 0.515. The van der Waals surface area contributed by atoms with Crippen molar-refractivity contribution in [2.24, 2.45) is 5.92 Å². The molecule has 2 aromatic heterocycles.